The normalized spacial score (nSPS) is 28.9. The lowest BCUT2D eigenvalue weighted by Gasteiger charge is -2.41. The molecule has 1 aromatic rings. The molecule has 114 valence electrons. The van der Waals surface area contributed by atoms with Gasteiger partial charge in [0.05, 0.1) is 4.88 Å². The third-order valence-corrected chi connectivity index (χ3v) is 7.01. The van der Waals surface area contributed by atoms with Crippen molar-refractivity contribution >= 4 is 17.2 Å². The van der Waals surface area contributed by atoms with Crippen molar-refractivity contribution in [2.24, 2.45) is 11.8 Å². The Hall–Kier alpha value is -0.830. The number of hydrogen-bond acceptors (Lipinski definition) is 2. The molecule has 2 heterocycles. The molecule has 0 aromatic carbocycles. The van der Waals surface area contributed by atoms with E-state index in [-0.39, 0.29) is 0 Å². The van der Waals surface area contributed by atoms with E-state index in [0.717, 1.165) is 29.8 Å². The molecular formula is C18H25NOS. The molecule has 1 aliphatic heterocycles. The summed E-state index contributed by atoms with van der Waals surface area (Å²) in [5.74, 6) is 2.00. The molecular weight excluding hydrogens is 278 g/mol. The Labute approximate surface area is 131 Å². The van der Waals surface area contributed by atoms with Crippen LogP contribution >= 0.6 is 11.3 Å². The molecule has 0 bridgehead atoms. The topological polar surface area (TPSA) is 20.3 Å². The highest BCUT2D eigenvalue weighted by molar-refractivity contribution is 7.14. The van der Waals surface area contributed by atoms with Crippen LogP contribution in [0.4, 0.5) is 0 Å². The number of rotatable bonds is 1. The number of likely N-dealkylation sites (tertiary alicyclic amines) is 1. The van der Waals surface area contributed by atoms with Gasteiger partial charge in [-0.2, -0.15) is 0 Å². The third-order valence-electron chi connectivity index (χ3n) is 5.79. The maximum absolute atomic E-state index is 12.8. The summed E-state index contributed by atoms with van der Waals surface area (Å²) < 4.78 is 0. The summed E-state index contributed by atoms with van der Waals surface area (Å²) in [4.78, 5) is 17.5. The van der Waals surface area contributed by atoms with E-state index in [0.29, 0.717) is 5.91 Å². The Bertz CT molecular complexity index is 512. The minimum atomic E-state index is 0.318. The molecule has 1 aromatic heterocycles. The molecule has 2 aliphatic carbocycles. The Morgan fingerprint density at radius 2 is 1.86 bits per heavy atom. The van der Waals surface area contributed by atoms with E-state index in [9.17, 15) is 4.79 Å². The molecule has 2 nitrogen and oxygen atoms in total. The number of carbonyl (C=O) groups is 1. The number of fused-ring (bicyclic) bond motifs is 2. The van der Waals surface area contributed by atoms with Crippen LogP contribution in [0.15, 0.2) is 6.07 Å². The van der Waals surface area contributed by atoms with Crippen molar-refractivity contribution in [3.63, 3.8) is 0 Å². The van der Waals surface area contributed by atoms with Gasteiger partial charge in [-0.3, -0.25) is 4.79 Å². The molecule has 0 radical (unpaired) electrons. The summed E-state index contributed by atoms with van der Waals surface area (Å²) >= 11 is 1.78. The van der Waals surface area contributed by atoms with Crippen LogP contribution in [0.3, 0.4) is 0 Å². The van der Waals surface area contributed by atoms with Crippen LogP contribution in [0.1, 0.15) is 65.1 Å². The zero-order valence-corrected chi connectivity index (χ0v) is 13.6. The van der Waals surface area contributed by atoms with Gasteiger partial charge in [0, 0.05) is 18.0 Å². The van der Waals surface area contributed by atoms with E-state index < -0.39 is 0 Å². The molecule has 2 atom stereocenters. The molecule has 3 heteroatoms. The summed E-state index contributed by atoms with van der Waals surface area (Å²) in [5.41, 5.74) is 1.46. The minimum absolute atomic E-state index is 0.318. The van der Waals surface area contributed by atoms with Crippen molar-refractivity contribution < 1.29 is 4.79 Å². The van der Waals surface area contributed by atoms with Crippen molar-refractivity contribution in [3.05, 3.63) is 21.4 Å². The number of piperidine rings is 1. The predicted octanol–water partition coefficient (Wildman–Crippen LogP) is 4.28. The van der Waals surface area contributed by atoms with Gasteiger partial charge in [-0.1, -0.05) is 19.3 Å². The van der Waals surface area contributed by atoms with Crippen LogP contribution in [0.5, 0.6) is 0 Å². The number of carbonyl (C=O) groups excluding carboxylic acids is 1. The van der Waals surface area contributed by atoms with E-state index in [1.54, 1.807) is 11.3 Å². The van der Waals surface area contributed by atoms with Gasteiger partial charge in [-0.05, 0) is 62.0 Å². The van der Waals surface area contributed by atoms with Gasteiger partial charge in [-0.25, -0.2) is 0 Å². The molecule has 2 fully saturated rings. The molecule has 0 spiro atoms. The van der Waals surface area contributed by atoms with Gasteiger partial charge >= 0.3 is 0 Å². The third kappa shape index (κ3) is 2.65. The summed E-state index contributed by atoms with van der Waals surface area (Å²) in [5, 5.41) is 0. The lowest BCUT2D eigenvalue weighted by atomic mass is 9.75. The van der Waals surface area contributed by atoms with Crippen LogP contribution < -0.4 is 0 Å². The molecule has 1 saturated heterocycles. The number of nitrogens with zero attached hydrogens (tertiary/aromatic N) is 1. The molecule has 1 saturated carbocycles. The molecule has 3 aliphatic rings. The summed E-state index contributed by atoms with van der Waals surface area (Å²) in [6.07, 6.45) is 11.7. The number of thiophene rings is 1. The van der Waals surface area contributed by atoms with Gasteiger partial charge in [0.2, 0.25) is 0 Å². The fraction of sp³-hybridized carbons (Fsp3) is 0.722. The van der Waals surface area contributed by atoms with Gasteiger partial charge in [0.15, 0.2) is 0 Å². The van der Waals surface area contributed by atoms with Crippen molar-refractivity contribution in [3.8, 4) is 0 Å². The van der Waals surface area contributed by atoms with Crippen molar-refractivity contribution in [2.45, 2.75) is 57.8 Å². The molecule has 1 amide bonds. The maximum Gasteiger partial charge on any atom is 0.263 e. The number of aryl methyl sites for hydroxylation is 2. The Balaban J connectivity index is 1.48. The standard InChI is InChI=1S/C18H25NOS/c20-18(17-11-14-6-3-4-8-16(14)21-17)19-10-9-13-5-1-2-7-15(13)12-19/h11,13,15H,1-10,12H2/t13-,15-/m0/s1. The van der Waals surface area contributed by atoms with Gasteiger partial charge in [-0.15, -0.1) is 11.3 Å². The highest BCUT2D eigenvalue weighted by atomic mass is 32.1. The summed E-state index contributed by atoms with van der Waals surface area (Å²) in [6, 6.07) is 2.20. The first kappa shape index (κ1) is 13.8. The van der Waals surface area contributed by atoms with Crippen molar-refractivity contribution in [1.82, 2.24) is 4.90 Å². The van der Waals surface area contributed by atoms with Crippen LogP contribution in [-0.2, 0) is 12.8 Å². The Morgan fingerprint density at radius 3 is 2.71 bits per heavy atom. The van der Waals surface area contributed by atoms with E-state index in [4.69, 9.17) is 0 Å². The zero-order chi connectivity index (χ0) is 14.2. The first-order valence-electron chi connectivity index (χ1n) is 8.72. The van der Waals surface area contributed by atoms with E-state index >= 15 is 0 Å². The van der Waals surface area contributed by atoms with Crippen molar-refractivity contribution in [2.75, 3.05) is 13.1 Å². The summed E-state index contributed by atoms with van der Waals surface area (Å²) in [7, 11) is 0. The second-order valence-corrected chi connectivity index (χ2v) is 8.25. The number of hydrogen-bond donors (Lipinski definition) is 0. The van der Waals surface area contributed by atoms with E-state index in [1.807, 2.05) is 0 Å². The smallest absolute Gasteiger partial charge is 0.263 e. The lowest BCUT2D eigenvalue weighted by molar-refractivity contribution is 0.0525. The first-order valence-corrected chi connectivity index (χ1v) is 9.54. The highest BCUT2D eigenvalue weighted by Crippen LogP contribution is 2.37. The SMILES string of the molecule is O=C(c1cc2c(s1)CCCC2)N1CC[C@@H]2CCCC[C@H]2C1. The fourth-order valence-electron chi connectivity index (χ4n) is 4.54. The summed E-state index contributed by atoms with van der Waals surface area (Å²) in [6.45, 7) is 2.01. The van der Waals surface area contributed by atoms with Crippen molar-refractivity contribution in [1.29, 1.82) is 0 Å². The Morgan fingerprint density at radius 1 is 1.05 bits per heavy atom. The van der Waals surface area contributed by atoms with Gasteiger partial charge in [0.1, 0.15) is 0 Å². The maximum atomic E-state index is 12.8. The van der Waals surface area contributed by atoms with Crippen LogP contribution in [0.25, 0.3) is 0 Å². The predicted molar refractivity (Wildman–Crippen MR) is 86.9 cm³/mol. The molecule has 0 N–H and O–H groups in total. The van der Waals surface area contributed by atoms with E-state index in [2.05, 4.69) is 11.0 Å². The number of amides is 1. The quantitative estimate of drug-likeness (QED) is 0.758. The van der Waals surface area contributed by atoms with Gasteiger partial charge in [0.25, 0.3) is 5.91 Å². The molecule has 21 heavy (non-hydrogen) atoms. The van der Waals surface area contributed by atoms with Crippen LogP contribution in [-0.4, -0.2) is 23.9 Å². The minimum Gasteiger partial charge on any atom is -0.338 e. The van der Waals surface area contributed by atoms with E-state index in [1.165, 1.54) is 68.2 Å². The average Bonchev–Trinajstić information content (AvgIpc) is 2.97. The lowest BCUT2D eigenvalue weighted by Crippen LogP contribution is -2.44. The second-order valence-electron chi connectivity index (χ2n) is 7.11. The van der Waals surface area contributed by atoms with Gasteiger partial charge < -0.3 is 4.90 Å². The van der Waals surface area contributed by atoms with Crippen LogP contribution in [0.2, 0.25) is 0 Å². The molecule has 0 unspecified atom stereocenters. The fourth-order valence-corrected chi connectivity index (χ4v) is 5.76. The monoisotopic (exact) mass is 303 g/mol. The van der Waals surface area contributed by atoms with Crippen LogP contribution in [0, 0.1) is 11.8 Å². The first-order chi connectivity index (χ1) is 10.3. The molecule has 4 rings (SSSR count). The zero-order valence-electron chi connectivity index (χ0n) is 12.8. The Kier molecular flexibility index (Phi) is 3.78. The highest BCUT2D eigenvalue weighted by Gasteiger charge is 2.33. The second kappa shape index (κ2) is 5.75. The average molecular weight is 303 g/mol. The largest absolute Gasteiger partial charge is 0.338 e.